The second-order valence-electron chi connectivity index (χ2n) is 19.9. The molecule has 5 fully saturated rings. The summed E-state index contributed by atoms with van der Waals surface area (Å²) in [5, 5.41) is 10.5. The van der Waals surface area contributed by atoms with Crippen LogP contribution in [0.25, 0.3) is 0 Å². The van der Waals surface area contributed by atoms with E-state index in [4.69, 9.17) is 9.47 Å². The fourth-order valence-electron chi connectivity index (χ4n) is 13.7. The monoisotopic (exact) mass is 757 g/mol. The van der Waals surface area contributed by atoms with Crippen molar-refractivity contribution in [3.05, 3.63) is 41.0 Å². The highest BCUT2D eigenvalue weighted by Crippen LogP contribution is 2.66. The van der Waals surface area contributed by atoms with Crippen molar-refractivity contribution in [2.24, 2.45) is 45.8 Å². The standard InChI is InChI=1S/C26H40O3.C23H32O3/c1-4-5-6-7-8-24(28)29-23-12-11-21-20-10-9-18-17-19(27)13-15-25(18,2)22(20)14-16-26(21,23)3;1-3-4-5-22(25)26-16-7-9-17-15(14-16)6-8-19-18(17)12-13-23(2)20(19)10-11-21(23)24/h17,20-23H,4-16H2,1-3H3;7,9,14,18-21,24H,3-6,8,10-13H2,1-2H3/t20-,21-,22-,23-,25-,26-;18?,19?,20?,21-,23-/m00/s1. The molecule has 0 spiro atoms. The smallest absolute Gasteiger partial charge is 0.311 e. The number of hydrogen-bond acceptors (Lipinski definition) is 6. The molecule has 7 aliphatic carbocycles. The summed E-state index contributed by atoms with van der Waals surface area (Å²) in [6, 6.07) is 6.30. The van der Waals surface area contributed by atoms with E-state index in [1.165, 1.54) is 74.5 Å². The number of carbonyl (C=O) groups excluding carboxylic acids is 3. The van der Waals surface area contributed by atoms with E-state index in [9.17, 15) is 19.5 Å². The predicted molar refractivity (Wildman–Crippen MR) is 218 cm³/mol. The minimum atomic E-state index is -0.117. The van der Waals surface area contributed by atoms with Gasteiger partial charge < -0.3 is 14.6 Å². The van der Waals surface area contributed by atoms with Gasteiger partial charge in [-0.3, -0.25) is 14.4 Å². The van der Waals surface area contributed by atoms with E-state index in [0.29, 0.717) is 54.0 Å². The second kappa shape index (κ2) is 16.8. The summed E-state index contributed by atoms with van der Waals surface area (Å²) < 4.78 is 11.6. The number of aliphatic hydroxyl groups is 1. The second-order valence-corrected chi connectivity index (χ2v) is 19.9. The average Bonchev–Trinajstić information content (AvgIpc) is 3.67. The fraction of sp³-hybridized carbons (Fsp3) is 0.776. The van der Waals surface area contributed by atoms with Crippen LogP contribution in [0.15, 0.2) is 29.8 Å². The Balaban J connectivity index is 0.000000170. The molecule has 6 heteroatoms. The summed E-state index contributed by atoms with van der Waals surface area (Å²) >= 11 is 0. The number of unbranched alkanes of at least 4 members (excludes halogenated alkanes) is 4. The largest absolute Gasteiger partial charge is 0.462 e. The zero-order chi connectivity index (χ0) is 39.0. The molecular weight excluding hydrogens is 685 g/mol. The molecule has 0 saturated heterocycles. The van der Waals surface area contributed by atoms with E-state index in [0.717, 1.165) is 76.5 Å². The molecule has 5 saturated carbocycles. The van der Waals surface area contributed by atoms with Crippen molar-refractivity contribution in [3.8, 4) is 5.75 Å². The molecule has 6 nitrogen and oxygen atoms in total. The Kier molecular flexibility index (Phi) is 12.4. The van der Waals surface area contributed by atoms with Crippen LogP contribution in [0.2, 0.25) is 0 Å². The molecule has 0 radical (unpaired) electrons. The molecule has 1 aromatic rings. The van der Waals surface area contributed by atoms with Crippen LogP contribution in [-0.2, 0) is 25.5 Å². The summed E-state index contributed by atoms with van der Waals surface area (Å²) in [7, 11) is 0. The number of ketones is 1. The normalized spacial score (nSPS) is 38.4. The molecule has 0 heterocycles. The Morgan fingerprint density at radius 3 is 2.25 bits per heavy atom. The maximum absolute atomic E-state index is 12.5. The van der Waals surface area contributed by atoms with Crippen molar-refractivity contribution in [2.45, 2.75) is 194 Å². The topological polar surface area (TPSA) is 89.9 Å². The predicted octanol–water partition coefficient (Wildman–Crippen LogP) is 11.4. The van der Waals surface area contributed by atoms with Crippen LogP contribution in [0.3, 0.4) is 0 Å². The van der Waals surface area contributed by atoms with Crippen LogP contribution < -0.4 is 4.74 Å². The number of fused-ring (bicyclic) bond motifs is 10. The van der Waals surface area contributed by atoms with Gasteiger partial charge in [0.25, 0.3) is 0 Å². The number of rotatable bonds is 10. The lowest BCUT2D eigenvalue weighted by atomic mass is 9.47. The first kappa shape index (κ1) is 40.7. The SMILES string of the molecule is CCCCC(=O)Oc1ccc2c(c1)CCC1C2CC[C@@]2(C)C1CC[C@@H]2O.CCCCCCC(=O)O[C@H]1CC[C@H]2[C@@H]3CCC4=CC(=O)CC[C@]4(C)[C@H]3CC[C@]12C. The molecule has 1 N–H and O–H groups in total. The molecule has 3 unspecified atom stereocenters. The third-order valence-electron chi connectivity index (χ3n) is 17.0. The molecule has 8 rings (SSSR count). The van der Waals surface area contributed by atoms with E-state index in [-0.39, 0.29) is 40.4 Å². The molecule has 1 aromatic carbocycles. The third-order valence-corrected chi connectivity index (χ3v) is 17.0. The summed E-state index contributed by atoms with van der Waals surface area (Å²) in [6.07, 6.45) is 25.0. The molecule has 0 amide bonds. The van der Waals surface area contributed by atoms with Crippen molar-refractivity contribution < 1.29 is 29.0 Å². The molecule has 0 aromatic heterocycles. The lowest BCUT2D eigenvalue weighted by Gasteiger charge is -2.57. The zero-order valence-electron chi connectivity index (χ0n) is 35.0. The van der Waals surface area contributed by atoms with E-state index in [1.807, 2.05) is 12.1 Å². The first-order chi connectivity index (χ1) is 26.4. The van der Waals surface area contributed by atoms with Gasteiger partial charge in [0.05, 0.1) is 6.10 Å². The first-order valence-electron chi connectivity index (χ1n) is 22.9. The Labute approximate surface area is 332 Å². The summed E-state index contributed by atoms with van der Waals surface area (Å²) in [5.74, 6) is 5.06. The van der Waals surface area contributed by atoms with E-state index < -0.39 is 0 Å². The van der Waals surface area contributed by atoms with Crippen LogP contribution in [0.4, 0.5) is 0 Å². The van der Waals surface area contributed by atoms with E-state index >= 15 is 0 Å². The van der Waals surface area contributed by atoms with E-state index in [2.05, 4.69) is 46.8 Å². The van der Waals surface area contributed by atoms with Crippen molar-refractivity contribution in [1.29, 1.82) is 0 Å². The Morgan fingerprint density at radius 1 is 0.727 bits per heavy atom. The number of allylic oxidation sites excluding steroid dienone is 1. The van der Waals surface area contributed by atoms with Gasteiger partial charge >= 0.3 is 11.9 Å². The minimum Gasteiger partial charge on any atom is -0.462 e. The van der Waals surface area contributed by atoms with Crippen molar-refractivity contribution in [1.82, 2.24) is 0 Å². The van der Waals surface area contributed by atoms with Gasteiger partial charge in [0.15, 0.2) is 5.78 Å². The molecule has 55 heavy (non-hydrogen) atoms. The highest BCUT2D eigenvalue weighted by molar-refractivity contribution is 5.91. The van der Waals surface area contributed by atoms with Crippen LogP contribution in [0, 0.1) is 45.8 Å². The van der Waals surface area contributed by atoms with Gasteiger partial charge in [-0.1, -0.05) is 71.9 Å². The quantitative estimate of drug-likeness (QED) is 0.145. The summed E-state index contributed by atoms with van der Waals surface area (Å²) in [4.78, 5) is 36.4. The number of ether oxygens (including phenoxy) is 2. The van der Waals surface area contributed by atoms with Crippen LogP contribution in [0.5, 0.6) is 5.75 Å². The number of hydrogen-bond donors (Lipinski definition) is 1. The van der Waals surface area contributed by atoms with Gasteiger partial charge in [-0.2, -0.15) is 0 Å². The van der Waals surface area contributed by atoms with Gasteiger partial charge in [-0.05, 0) is 172 Å². The maximum Gasteiger partial charge on any atom is 0.311 e. The van der Waals surface area contributed by atoms with Gasteiger partial charge in [0, 0.05) is 24.7 Å². The van der Waals surface area contributed by atoms with Crippen LogP contribution in [-0.4, -0.2) is 35.0 Å². The zero-order valence-corrected chi connectivity index (χ0v) is 35.0. The van der Waals surface area contributed by atoms with Crippen LogP contribution in [0.1, 0.15) is 187 Å². The Morgan fingerprint density at radius 2 is 1.45 bits per heavy atom. The van der Waals surface area contributed by atoms with Gasteiger partial charge in [-0.25, -0.2) is 0 Å². The van der Waals surface area contributed by atoms with Gasteiger partial charge in [0.2, 0.25) is 0 Å². The number of aryl methyl sites for hydroxylation is 1. The lowest BCUT2D eigenvalue weighted by molar-refractivity contribution is -0.160. The van der Waals surface area contributed by atoms with E-state index in [1.54, 1.807) is 0 Å². The summed E-state index contributed by atoms with van der Waals surface area (Å²) in [5.41, 5.74) is 4.79. The Hall–Kier alpha value is -2.47. The number of esters is 2. The molecular formula is C49H72O6. The van der Waals surface area contributed by atoms with Crippen LogP contribution >= 0.6 is 0 Å². The third kappa shape index (κ3) is 7.90. The first-order valence-corrected chi connectivity index (χ1v) is 22.9. The fourth-order valence-corrected chi connectivity index (χ4v) is 13.7. The van der Waals surface area contributed by atoms with Gasteiger partial charge in [-0.15, -0.1) is 0 Å². The lowest BCUT2D eigenvalue weighted by Crippen LogP contribution is -2.51. The average molecular weight is 757 g/mol. The molecule has 304 valence electrons. The van der Waals surface area contributed by atoms with Crippen molar-refractivity contribution in [2.75, 3.05) is 0 Å². The molecule has 7 aliphatic rings. The maximum atomic E-state index is 12.5. The number of benzene rings is 1. The van der Waals surface area contributed by atoms with Crippen molar-refractivity contribution >= 4 is 17.7 Å². The Bertz CT molecular complexity index is 1590. The molecule has 11 atom stereocenters. The van der Waals surface area contributed by atoms with Crippen molar-refractivity contribution in [3.63, 3.8) is 0 Å². The number of aliphatic hydroxyl groups excluding tert-OH is 1. The van der Waals surface area contributed by atoms with Gasteiger partial charge in [0.1, 0.15) is 11.9 Å². The molecule has 0 aliphatic heterocycles. The highest BCUT2D eigenvalue weighted by atomic mass is 16.5. The highest BCUT2D eigenvalue weighted by Gasteiger charge is 2.60. The summed E-state index contributed by atoms with van der Waals surface area (Å²) in [6.45, 7) is 11.5. The molecule has 0 bridgehead atoms. The minimum absolute atomic E-state index is 0.0294. The number of carbonyl (C=O) groups is 3.